The average Bonchev–Trinajstić information content (AvgIpc) is 2.40. The summed E-state index contributed by atoms with van der Waals surface area (Å²) >= 11 is 0. The largest absolute Gasteiger partial charge is 0.496 e. The second-order valence-electron chi connectivity index (χ2n) is 4.57. The van der Waals surface area contributed by atoms with Crippen LogP contribution in [0.2, 0.25) is 0 Å². The molecule has 1 saturated heterocycles. The molecule has 0 radical (unpaired) electrons. The highest BCUT2D eigenvalue weighted by molar-refractivity contribution is 5.39. The Morgan fingerprint density at radius 2 is 2.06 bits per heavy atom. The highest BCUT2D eigenvalue weighted by Gasteiger charge is 2.09. The fourth-order valence-corrected chi connectivity index (χ4v) is 2.17. The summed E-state index contributed by atoms with van der Waals surface area (Å²) < 4.78 is 11.0. The van der Waals surface area contributed by atoms with Crippen molar-refractivity contribution in [1.82, 2.24) is 10.2 Å². The van der Waals surface area contributed by atoms with Crippen LogP contribution in [-0.4, -0.2) is 51.3 Å². The van der Waals surface area contributed by atoms with Gasteiger partial charge in [0.2, 0.25) is 0 Å². The van der Waals surface area contributed by atoms with Crippen molar-refractivity contribution in [3.8, 4) is 11.5 Å². The number of rotatable bonds is 5. The Bertz CT molecular complexity index is 376. The molecule has 1 aromatic rings. The van der Waals surface area contributed by atoms with Crippen molar-refractivity contribution in [1.29, 1.82) is 0 Å². The Morgan fingerprint density at radius 1 is 1.28 bits per heavy atom. The molecule has 0 bridgehead atoms. The first kappa shape index (κ1) is 13.2. The molecule has 0 atom stereocenters. The minimum Gasteiger partial charge on any atom is -0.496 e. The van der Waals surface area contributed by atoms with E-state index >= 15 is 0 Å². The molecule has 0 spiro atoms. The predicted octanol–water partition coefficient (Wildman–Crippen LogP) is 1.29. The molecule has 1 aromatic carbocycles. The number of hydrogen-bond donors (Lipinski definition) is 1. The zero-order valence-electron chi connectivity index (χ0n) is 11.2. The molecule has 1 heterocycles. The van der Waals surface area contributed by atoms with Gasteiger partial charge in [0.05, 0.1) is 7.11 Å². The maximum atomic E-state index is 5.77. The van der Waals surface area contributed by atoms with Crippen molar-refractivity contribution in [3.05, 3.63) is 23.8 Å². The Balaban J connectivity index is 1.77. The Morgan fingerprint density at radius 3 is 2.72 bits per heavy atom. The highest BCUT2D eigenvalue weighted by Crippen LogP contribution is 2.22. The monoisotopic (exact) mass is 250 g/mol. The van der Waals surface area contributed by atoms with Crippen molar-refractivity contribution < 1.29 is 9.47 Å². The van der Waals surface area contributed by atoms with Crippen LogP contribution in [0.15, 0.2) is 18.2 Å². The molecule has 0 saturated carbocycles. The van der Waals surface area contributed by atoms with Gasteiger partial charge in [-0.3, -0.25) is 4.90 Å². The van der Waals surface area contributed by atoms with Crippen LogP contribution < -0.4 is 14.8 Å². The number of methoxy groups -OCH3 is 1. The summed E-state index contributed by atoms with van der Waals surface area (Å²) in [5, 5.41) is 3.35. The minimum atomic E-state index is 0.742. The highest BCUT2D eigenvalue weighted by atomic mass is 16.5. The van der Waals surface area contributed by atoms with Crippen molar-refractivity contribution in [3.63, 3.8) is 0 Å². The van der Waals surface area contributed by atoms with Gasteiger partial charge in [-0.25, -0.2) is 0 Å². The van der Waals surface area contributed by atoms with Crippen LogP contribution in [0.3, 0.4) is 0 Å². The molecule has 0 unspecified atom stereocenters. The molecule has 1 aliphatic rings. The van der Waals surface area contributed by atoms with E-state index in [1.165, 1.54) is 0 Å². The molecule has 4 heteroatoms. The van der Waals surface area contributed by atoms with E-state index in [1.807, 2.05) is 25.1 Å². The van der Waals surface area contributed by atoms with Gasteiger partial charge in [0, 0.05) is 32.7 Å². The number of aryl methyl sites for hydroxylation is 1. The summed E-state index contributed by atoms with van der Waals surface area (Å²) in [6.07, 6.45) is 0. The third-order valence-corrected chi connectivity index (χ3v) is 3.25. The Hall–Kier alpha value is -1.26. The lowest BCUT2D eigenvalue weighted by Crippen LogP contribution is -2.44. The summed E-state index contributed by atoms with van der Waals surface area (Å²) in [4.78, 5) is 2.42. The fourth-order valence-electron chi connectivity index (χ4n) is 2.17. The van der Waals surface area contributed by atoms with E-state index in [0.29, 0.717) is 0 Å². The zero-order valence-corrected chi connectivity index (χ0v) is 11.2. The lowest BCUT2D eigenvalue weighted by Gasteiger charge is -2.26. The van der Waals surface area contributed by atoms with Gasteiger partial charge in [-0.1, -0.05) is 0 Å². The molecule has 1 aliphatic heterocycles. The fraction of sp³-hybridized carbons (Fsp3) is 0.571. The van der Waals surface area contributed by atoms with Crippen LogP contribution in [0.25, 0.3) is 0 Å². The van der Waals surface area contributed by atoms with Crippen molar-refractivity contribution in [2.24, 2.45) is 0 Å². The van der Waals surface area contributed by atoms with Crippen LogP contribution in [0.4, 0.5) is 0 Å². The quantitative estimate of drug-likeness (QED) is 0.854. The number of piperazine rings is 1. The summed E-state index contributed by atoms with van der Waals surface area (Å²) in [5.74, 6) is 1.83. The molecule has 4 nitrogen and oxygen atoms in total. The van der Waals surface area contributed by atoms with Gasteiger partial charge >= 0.3 is 0 Å². The molecule has 0 aromatic heterocycles. The third-order valence-electron chi connectivity index (χ3n) is 3.25. The number of nitrogens with zero attached hydrogens (tertiary/aromatic N) is 1. The zero-order chi connectivity index (χ0) is 12.8. The lowest BCUT2D eigenvalue weighted by molar-refractivity contribution is 0.191. The number of ether oxygens (including phenoxy) is 2. The van der Waals surface area contributed by atoms with E-state index in [2.05, 4.69) is 10.2 Å². The lowest BCUT2D eigenvalue weighted by atomic mass is 10.2. The third kappa shape index (κ3) is 3.62. The van der Waals surface area contributed by atoms with Crippen LogP contribution in [0.1, 0.15) is 5.56 Å². The normalized spacial score (nSPS) is 16.6. The first-order valence-electron chi connectivity index (χ1n) is 6.50. The van der Waals surface area contributed by atoms with E-state index < -0.39 is 0 Å². The minimum absolute atomic E-state index is 0.742. The number of nitrogens with one attached hydrogen (secondary N) is 1. The van der Waals surface area contributed by atoms with Gasteiger partial charge in [0.25, 0.3) is 0 Å². The van der Waals surface area contributed by atoms with E-state index in [-0.39, 0.29) is 0 Å². The molecule has 100 valence electrons. The first-order chi connectivity index (χ1) is 8.79. The van der Waals surface area contributed by atoms with Crippen molar-refractivity contribution in [2.75, 3.05) is 46.4 Å². The molecular formula is C14H22N2O2. The summed E-state index contributed by atoms with van der Waals surface area (Å²) in [6, 6.07) is 5.94. The summed E-state index contributed by atoms with van der Waals surface area (Å²) in [5.41, 5.74) is 1.11. The van der Waals surface area contributed by atoms with E-state index in [0.717, 1.165) is 56.4 Å². The molecule has 0 aliphatic carbocycles. The predicted molar refractivity (Wildman–Crippen MR) is 72.5 cm³/mol. The van der Waals surface area contributed by atoms with Gasteiger partial charge in [-0.2, -0.15) is 0 Å². The van der Waals surface area contributed by atoms with Crippen LogP contribution in [0, 0.1) is 6.92 Å². The number of hydrogen-bond acceptors (Lipinski definition) is 4. The maximum Gasteiger partial charge on any atom is 0.122 e. The first-order valence-corrected chi connectivity index (χ1v) is 6.50. The SMILES string of the molecule is COc1ccc(OCCN2CCNCC2)cc1C. The van der Waals surface area contributed by atoms with Crippen LogP contribution in [-0.2, 0) is 0 Å². The summed E-state index contributed by atoms with van der Waals surface area (Å²) in [6.45, 7) is 8.17. The smallest absolute Gasteiger partial charge is 0.122 e. The standard InChI is InChI=1S/C14H22N2O2/c1-12-11-13(3-4-14(12)17-2)18-10-9-16-7-5-15-6-8-16/h3-4,11,15H,5-10H2,1-2H3. The van der Waals surface area contributed by atoms with Crippen molar-refractivity contribution >= 4 is 0 Å². The molecule has 1 fully saturated rings. The van der Waals surface area contributed by atoms with Gasteiger partial charge in [0.1, 0.15) is 18.1 Å². The van der Waals surface area contributed by atoms with E-state index in [4.69, 9.17) is 9.47 Å². The molecule has 2 rings (SSSR count). The molecule has 18 heavy (non-hydrogen) atoms. The Labute approximate surface area is 109 Å². The van der Waals surface area contributed by atoms with Gasteiger partial charge < -0.3 is 14.8 Å². The van der Waals surface area contributed by atoms with Gasteiger partial charge in [-0.05, 0) is 30.7 Å². The topological polar surface area (TPSA) is 33.7 Å². The van der Waals surface area contributed by atoms with Gasteiger partial charge in [-0.15, -0.1) is 0 Å². The van der Waals surface area contributed by atoms with E-state index in [9.17, 15) is 0 Å². The Kier molecular flexibility index (Phi) is 4.84. The van der Waals surface area contributed by atoms with Crippen LogP contribution >= 0.6 is 0 Å². The van der Waals surface area contributed by atoms with E-state index in [1.54, 1.807) is 7.11 Å². The van der Waals surface area contributed by atoms with Crippen LogP contribution in [0.5, 0.6) is 11.5 Å². The second-order valence-corrected chi connectivity index (χ2v) is 4.57. The molecular weight excluding hydrogens is 228 g/mol. The molecule has 0 amide bonds. The number of benzene rings is 1. The van der Waals surface area contributed by atoms with Crippen molar-refractivity contribution in [2.45, 2.75) is 6.92 Å². The van der Waals surface area contributed by atoms with Gasteiger partial charge in [0.15, 0.2) is 0 Å². The molecule has 1 N–H and O–H groups in total. The maximum absolute atomic E-state index is 5.77. The summed E-state index contributed by atoms with van der Waals surface area (Å²) in [7, 11) is 1.69. The average molecular weight is 250 g/mol. The second kappa shape index (κ2) is 6.61.